The van der Waals surface area contributed by atoms with Crippen molar-refractivity contribution in [3.8, 4) is 22.5 Å². The molecule has 6 heteroatoms. The number of rotatable bonds is 4. The molecule has 0 amide bonds. The predicted molar refractivity (Wildman–Crippen MR) is 111 cm³/mol. The number of thiophene rings is 2. The molecule has 1 aliphatic heterocycles. The first-order valence-electron chi connectivity index (χ1n) is 8.93. The molecule has 0 aromatic carbocycles. The second kappa shape index (κ2) is 7.31. The zero-order valence-corrected chi connectivity index (χ0v) is 16.3. The van der Waals surface area contributed by atoms with E-state index in [1.54, 1.807) is 23.7 Å². The molecule has 5 rings (SSSR count). The van der Waals surface area contributed by atoms with Gasteiger partial charge in [-0.2, -0.15) is 11.3 Å². The van der Waals surface area contributed by atoms with Crippen LogP contribution in [0.3, 0.4) is 0 Å². The van der Waals surface area contributed by atoms with Crippen LogP contribution in [0.2, 0.25) is 0 Å². The third kappa shape index (κ3) is 3.56. The summed E-state index contributed by atoms with van der Waals surface area (Å²) in [6.07, 6.45) is 6.53. The van der Waals surface area contributed by atoms with Gasteiger partial charge in [-0.1, -0.05) is 0 Å². The molecule has 0 saturated carbocycles. The molecule has 0 fully saturated rings. The van der Waals surface area contributed by atoms with Crippen molar-refractivity contribution in [3.05, 3.63) is 75.1 Å². The van der Waals surface area contributed by atoms with E-state index >= 15 is 0 Å². The second-order valence-electron chi connectivity index (χ2n) is 6.68. The summed E-state index contributed by atoms with van der Waals surface area (Å²) in [5, 5.41) is 6.61. The van der Waals surface area contributed by atoms with E-state index in [2.05, 4.69) is 43.1 Å². The van der Waals surface area contributed by atoms with Crippen molar-refractivity contribution in [2.45, 2.75) is 19.5 Å². The van der Waals surface area contributed by atoms with E-state index in [0.717, 1.165) is 37.4 Å². The molecule has 4 aromatic heterocycles. The summed E-state index contributed by atoms with van der Waals surface area (Å²) in [6.45, 7) is 2.93. The maximum Gasteiger partial charge on any atom is 0.159 e. The van der Waals surface area contributed by atoms with Crippen molar-refractivity contribution in [3.63, 3.8) is 0 Å². The summed E-state index contributed by atoms with van der Waals surface area (Å²) in [5.74, 6) is 0.795. The number of hydrogen-bond donors (Lipinski definition) is 0. The number of aromatic nitrogens is 3. The van der Waals surface area contributed by atoms with Crippen molar-refractivity contribution >= 4 is 22.7 Å². The third-order valence-electron chi connectivity index (χ3n) is 4.84. The Bertz CT molecular complexity index is 1040. The lowest BCUT2D eigenvalue weighted by Gasteiger charge is -2.27. The molecule has 0 atom stereocenters. The standard InChI is InChI=1S/C21H18N4S2/c1-5-22-6-2-15(1)21-23-10-18-11-25(7-3-20(18)24-21)12-19-9-17(14-27-19)16-4-8-26-13-16/h1-2,4-6,8-10,13-14H,3,7,11-12H2. The van der Waals surface area contributed by atoms with Crippen LogP contribution in [-0.2, 0) is 19.5 Å². The molecule has 0 radical (unpaired) electrons. The smallest absolute Gasteiger partial charge is 0.159 e. The molecule has 1 aliphatic rings. The Balaban J connectivity index is 1.30. The van der Waals surface area contributed by atoms with Crippen LogP contribution in [-0.4, -0.2) is 26.4 Å². The van der Waals surface area contributed by atoms with Gasteiger partial charge in [-0.3, -0.25) is 9.88 Å². The van der Waals surface area contributed by atoms with Gasteiger partial charge in [-0.05, 0) is 51.5 Å². The SMILES string of the molecule is c1cc(-c2ncc3c(n2)CCN(Cc2cc(-c4ccsc4)cs2)C3)ccn1. The fourth-order valence-corrected chi connectivity index (χ4v) is 5.01. The number of hydrogen-bond acceptors (Lipinski definition) is 6. The van der Waals surface area contributed by atoms with Gasteiger partial charge < -0.3 is 0 Å². The van der Waals surface area contributed by atoms with Crippen LogP contribution in [0, 0.1) is 0 Å². The Morgan fingerprint density at radius 1 is 1.04 bits per heavy atom. The minimum absolute atomic E-state index is 0.795. The summed E-state index contributed by atoms with van der Waals surface area (Å²) in [7, 11) is 0. The molecule has 0 spiro atoms. The van der Waals surface area contributed by atoms with E-state index in [1.165, 1.54) is 27.3 Å². The molecule has 0 bridgehead atoms. The van der Waals surface area contributed by atoms with E-state index in [4.69, 9.17) is 4.98 Å². The molecular weight excluding hydrogens is 372 g/mol. The lowest BCUT2D eigenvalue weighted by molar-refractivity contribution is 0.245. The summed E-state index contributed by atoms with van der Waals surface area (Å²) in [6, 6.07) is 8.42. The van der Waals surface area contributed by atoms with Gasteiger partial charge in [-0.15, -0.1) is 11.3 Å². The van der Waals surface area contributed by atoms with Crippen molar-refractivity contribution in [2.75, 3.05) is 6.54 Å². The van der Waals surface area contributed by atoms with Crippen LogP contribution in [0.1, 0.15) is 16.1 Å². The minimum Gasteiger partial charge on any atom is -0.293 e. The Kier molecular flexibility index (Phi) is 4.53. The van der Waals surface area contributed by atoms with Crippen molar-refractivity contribution in [2.24, 2.45) is 0 Å². The summed E-state index contributed by atoms with van der Waals surface area (Å²) < 4.78 is 0. The van der Waals surface area contributed by atoms with Crippen molar-refractivity contribution < 1.29 is 0 Å². The van der Waals surface area contributed by atoms with Crippen LogP contribution in [0.25, 0.3) is 22.5 Å². The van der Waals surface area contributed by atoms with Crippen molar-refractivity contribution in [1.29, 1.82) is 0 Å². The lowest BCUT2D eigenvalue weighted by Crippen LogP contribution is -2.30. The molecule has 134 valence electrons. The van der Waals surface area contributed by atoms with Crippen LogP contribution in [0.4, 0.5) is 0 Å². The van der Waals surface area contributed by atoms with Crippen LogP contribution >= 0.6 is 22.7 Å². The Hall–Kier alpha value is -2.41. The van der Waals surface area contributed by atoms with Crippen LogP contribution in [0.5, 0.6) is 0 Å². The van der Waals surface area contributed by atoms with Gasteiger partial charge in [0.2, 0.25) is 0 Å². The monoisotopic (exact) mass is 390 g/mol. The van der Waals surface area contributed by atoms with Gasteiger partial charge in [0.05, 0.1) is 5.69 Å². The van der Waals surface area contributed by atoms with E-state index in [0.29, 0.717) is 0 Å². The highest BCUT2D eigenvalue weighted by molar-refractivity contribution is 7.10. The largest absolute Gasteiger partial charge is 0.293 e. The second-order valence-corrected chi connectivity index (χ2v) is 8.45. The normalized spacial score (nSPS) is 14.2. The molecule has 0 unspecified atom stereocenters. The summed E-state index contributed by atoms with van der Waals surface area (Å²) >= 11 is 3.60. The highest BCUT2D eigenvalue weighted by Crippen LogP contribution is 2.29. The quantitative estimate of drug-likeness (QED) is 0.498. The van der Waals surface area contributed by atoms with Crippen LogP contribution in [0.15, 0.2) is 59.0 Å². The molecule has 4 nitrogen and oxygen atoms in total. The van der Waals surface area contributed by atoms with Gasteiger partial charge in [0.15, 0.2) is 5.82 Å². The number of nitrogens with zero attached hydrogens (tertiary/aromatic N) is 4. The highest BCUT2D eigenvalue weighted by Gasteiger charge is 2.19. The molecule has 0 saturated heterocycles. The minimum atomic E-state index is 0.795. The van der Waals surface area contributed by atoms with E-state index in [-0.39, 0.29) is 0 Å². The molecule has 5 heterocycles. The zero-order valence-electron chi connectivity index (χ0n) is 14.7. The molecule has 0 N–H and O–H groups in total. The van der Waals surface area contributed by atoms with Gasteiger partial charge in [-0.25, -0.2) is 9.97 Å². The molecule has 0 aliphatic carbocycles. The number of fused-ring (bicyclic) bond motifs is 1. The highest BCUT2D eigenvalue weighted by atomic mass is 32.1. The summed E-state index contributed by atoms with van der Waals surface area (Å²) in [5.41, 5.74) is 6.10. The van der Waals surface area contributed by atoms with Crippen molar-refractivity contribution in [1.82, 2.24) is 19.9 Å². The Morgan fingerprint density at radius 2 is 1.96 bits per heavy atom. The molecular formula is C21H18N4S2. The zero-order chi connectivity index (χ0) is 18.1. The topological polar surface area (TPSA) is 41.9 Å². The first-order valence-corrected chi connectivity index (χ1v) is 10.7. The van der Waals surface area contributed by atoms with Gasteiger partial charge in [0, 0.05) is 60.6 Å². The fraction of sp³-hybridized carbons (Fsp3) is 0.190. The lowest BCUT2D eigenvalue weighted by atomic mass is 10.1. The van der Waals surface area contributed by atoms with E-state index < -0.39 is 0 Å². The van der Waals surface area contributed by atoms with Crippen LogP contribution < -0.4 is 0 Å². The average molecular weight is 391 g/mol. The van der Waals surface area contributed by atoms with Gasteiger partial charge in [0.1, 0.15) is 0 Å². The third-order valence-corrected chi connectivity index (χ3v) is 6.44. The molecule has 4 aromatic rings. The summed E-state index contributed by atoms with van der Waals surface area (Å²) in [4.78, 5) is 17.3. The van der Waals surface area contributed by atoms with E-state index in [1.807, 2.05) is 29.7 Å². The van der Waals surface area contributed by atoms with Gasteiger partial charge in [0.25, 0.3) is 0 Å². The maximum atomic E-state index is 4.80. The Morgan fingerprint density at radius 3 is 2.81 bits per heavy atom. The van der Waals surface area contributed by atoms with Gasteiger partial charge >= 0.3 is 0 Å². The first kappa shape index (κ1) is 16.7. The first-order chi connectivity index (χ1) is 13.3. The maximum absolute atomic E-state index is 4.80. The predicted octanol–water partition coefficient (Wildman–Crippen LogP) is 4.89. The average Bonchev–Trinajstić information content (AvgIpc) is 3.40. The fourth-order valence-electron chi connectivity index (χ4n) is 3.41. The van der Waals surface area contributed by atoms with E-state index in [9.17, 15) is 0 Å². The number of pyridine rings is 1. The Labute approximate surface area is 166 Å². The molecule has 27 heavy (non-hydrogen) atoms.